The molecule has 2 aliphatic rings. The third kappa shape index (κ3) is 1.78. The Kier molecular flexibility index (Phi) is 3.00. The molecule has 2 aliphatic carbocycles. The number of Topliss-reactive ketones (excluding diaryl/α,β-unsaturated/α-hetero) is 1. The van der Waals surface area contributed by atoms with Crippen LogP contribution in [0.2, 0.25) is 0 Å². The van der Waals surface area contributed by atoms with Crippen molar-refractivity contribution in [1.29, 1.82) is 0 Å². The van der Waals surface area contributed by atoms with Gasteiger partial charge in [0.2, 0.25) is 0 Å². The van der Waals surface area contributed by atoms with Gasteiger partial charge in [0.1, 0.15) is 0 Å². The topological polar surface area (TPSA) is 17.1 Å². The molecule has 0 amide bonds. The normalized spacial score (nSPS) is 38.4. The first-order valence-electron chi connectivity index (χ1n) is 6.98. The molecule has 0 N–H and O–H groups in total. The molecule has 0 aliphatic heterocycles. The first kappa shape index (κ1) is 12.9. The first-order chi connectivity index (χ1) is 7.79. The van der Waals surface area contributed by atoms with E-state index in [0.717, 1.165) is 23.8 Å². The molecule has 0 aromatic rings. The summed E-state index contributed by atoms with van der Waals surface area (Å²) in [6, 6.07) is 0. The predicted molar refractivity (Wildman–Crippen MR) is 71.8 cm³/mol. The SMILES string of the molecule is C=C(C)C(=O)CCC1CC2CCC1(C)C2(C)C. The second kappa shape index (κ2) is 3.96. The summed E-state index contributed by atoms with van der Waals surface area (Å²) in [7, 11) is 0. The number of fused-ring (bicyclic) bond motifs is 2. The van der Waals surface area contributed by atoms with Crippen LogP contribution in [0.15, 0.2) is 12.2 Å². The highest BCUT2D eigenvalue weighted by Crippen LogP contribution is 2.68. The van der Waals surface area contributed by atoms with E-state index < -0.39 is 0 Å². The fourth-order valence-electron chi connectivity index (χ4n) is 4.32. The Morgan fingerprint density at radius 3 is 2.41 bits per heavy atom. The van der Waals surface area contributed by atoms with Crippen molar-refractivity contribution in [2.24, 2.45) is 22.7 Å². The molecular formula is C16H26O. The lowest BCUT2D eigenvalue weighted by Gasteiger charge is -2.39. The number of allylic oxidation sites excluding steroid dienone is 1. The van der Waals surface area contributed by atoms with E-state index >= 15 is 0 Å². The van der Waals surface area contributed by atoms with Crippen LogP contribution in [0, 0.1) is 22.7 Å². The maximum atomic E-state index is 11.7. The number of rotatable bonds is 4. The number of hydrogen-bond acceptors (Lipinski definition) is 1. The lowest BCUT2D eigenvalue weighted by molar-refractivity contribution is -0.116. The lowest BCUT2D eigenvalue weighted by Crippen LogP contribution is -2.32. The second-order valence-corrected chi connectivity index (χ2v) is 7.05. The predicted octanol–water partition coefficient (Wildman–Crippen LogP) is 4.37. The molecule has 3 unspecified atom stereocenters. The van der Waals surface area contributed by atoms with Gasteiger partial charge in [0, 0.05) is 6.42 Å². The minimum atomic E-state index is 0.258. The largest absolute Gasteiger partial charge is 0.295 e. The van der Waals surface area contributed by atoms with Crippen LogP contribution in [0.1, 0.15) is 59.8 Å². The van der Waals surface area contributed by atoms with Crippen LogP contribution in [0.25, 0.3) is 0 Å². The Hall–Kier alpha value is -0.590. The number of ketones is 1. The van der Waals surface area contributed by atoms with Crippen molar-refractivity contribution in [2.45, 2.75) is 59.8 Å². The van der Waals surface area contributed by atoms with Crippen molar-refractivity contribution in [1.82, 2.24) is 0 Å². The molecule has 0 heterocycles. The highest BCUT2D eigenvalue weighted by atomic mass is 16.1. The van der Waals surface area contributed by atoms with E-state index in [-0.39, 0.29) is 5.78 Å². The lowest BCUT2D eigenvalue weighted by atomic mass is 9.65. The Labute approximate surface area is 106 Å². The van der Waals surface area contributed by atoms with Gasteiger partial charge in [-0.1, -0.05) is 27.4 Å². The average molecular weight is 234 g/mol. The van der Waals surface area contributed by atoms with Crippen molar-refractivity contribution in [3.05, 3.63) is 12.2 Å². The monoisotopic (exact) mass is 234 g/mol. The highest BCUT2D eigenvalue weighted by Gasteiger charge is 2.60. The van der Waals surface area contributed by atoms with Gasteiger partial charge in [-0.2, -0.15) is 0 Å². The Bertz CT molecular complexity index is 353. The van der Waals surface area contributed by atoms with Crippen molar-refractivity contribution in [3.63, 3.8) is 0 Å². The minimum Gasteiger partial charge on any atom is -0.295 e. The molecule has 2 saturated carbocycles. The Balaban J connectivity index is 2.01. The summed E-state index contributed by atoms with van der Waals surface area (Å²) in [5, 5.41) is 0. The summed E-state index contributed by atoms with van der Waals surface area (Å²) in [5.74, 6) is 1.89. The van der Waals surface area contributed by atoms with Crippen LogP contribution in [0.4, 0.5) is 0 Å². The molecule has 0 spiro atoms. The zero-order valence-electron chi connectivity index (χ0n) is 11.8. The quantitative estimate of drug-likeness (QED) is 0.660. The van der Waals surface area contributed by atoms with Crippen LogP contribution in [0.3, 0.4) is 0 Å². The zero-order chi connectivity index (χ0) is 12.8. The van der Waals surface area contributed by atoms with Gasteiger partial charge < -0.3 is 0 Å². The Morgan fingerprint density at radius 2 is 2.00 bits per heavy atom. The smallest absolute Gasteiger partial charge is 0.157 e. The number of carbonyl (C=O) groups excluding carboxylic acids is 1. The van der Waals surface area contributed by atoms with Gasteiger partial charge in [-0.05, 0) is 60.8 Å². The maximum absolute atomic E-state index is 11.7. The van der Waals surface area contributed by atoms with E-state index in [1.54, 1.807) is 0 Å². The average Bonchev–Trinajstić information content (AvgIpc) is 2.57. The minimum absolute atomic E-state index is 0.258. The zero-order valence-corrected chi connectivity index (χ0v) is 11.8. The third-order valence-corrected chi connectivity index (χ3v) is 6.17. The summed E-state index contributed by atoms with van der Waals surface area (Å²) >= 11 is 0. The van der Waals surface area contributed by atoms with Crippen molar-refractivity contribution >= 4 is 5.78 Å². The second-order valence-electron chi connectivity index (χ2n) is 7.05. The van der Waals surface area contributed by atoms with Gasteiger partial charge in [-0.15, -0.1) is 0 Å². The van der Waals surface area contributed by atoms with Gasteiger partial charge in [0.05, 0.1) is 0 Å². The molecule has 2 bridgehead atoms. The molecular weight excluding hydrogens is 208 g/mol. The van der Waals surface area contributed by atoms with E-state index in [9.17, 15) is 4.79 Å². The molecule has 1 heteroatoms. The molecule has 0 radical (unpaired) electrons. The summed E-state index contributed by atoms with van der Waals surface area (Å²) in [6.45, 7) is 12.9. The standard InChI is InChI=1S/C16H26O/c1-11(2)14(17)7-6-13-10-12-8-9-16(13,5)15(12,3)4/h12-13H,1,6-10H2,2-5H3. The van der Waals surface area contributed by atoms with Gasteiger partial charge in [-0.3, -0.25) is 4.79 Å². The van der Waals surface area contributed by atoms with Crippen molar-refractivity contribution < 1.29 is 4.79 Å². The molecule has 2 rings (SSSR count). The summed E-state index contributed by atoms with van der Waals surface area (Å²) in [4.78, 5) is 11.7. The van der Waals surface area contributed by atoms with Crippen LogP contribution in [-0.4, -0.2) is 5.78 Å². The van der Waals surface area contributed by atoms with Crippen LogP contribution in [0.5, 0.6) is 0 Å². The van der Waals surface area contributed by atoms with E-state index in [1.807, 2.05) is 6.92 Å². The molecule has 0 saturated heterocycles. The van der Waals surface area contributed by atoms with Gasteiger partial charge in [-0.25, -0.2) is 0 Å². The van der Waals surface area contributed by atoms with Crippen molar-refractivity contribution in [3.8, 4) is 0 Å². The molecule has 2 fully saturated rings. The number of carbonyl (C=O) groups is 1. The van der Waals surface area contributed by atoms with E-state index in [0.29, 0.717) is 17.3 Å². The molecule has 0 aromatic heterocycles. The van der Waals surface area contributed by atoms with Crippen molar-refractivity contribution in [2.75, 3.05) is 0 Å². The third-order valence-electron chi connectivity index (χ3n) is 6.17. The maximum Gasteiger partial charge on any atom is 0.157 e. The number of hydrogen-bond donors (Lipinski definition) is 0. The fraction of sp³-hybridized carbons (Fsp3) is 0.812. The molecule has 96 valence electrons. The fourth-order valence-corrected chi connectivity index (χ4v) is 4.32. The Morgan fingerprint density at radius 1 is 1.35 bits per heavy atom. The van der Waals surface area contributed by atoms with E-state index in [2.05, 4.69) is 27.4 Å². The summed E-state index contributed by atoms with van der Waals surface area (Å²) in [5.41, 5.74) is 1.66. The van der Waals surface area contributed by atoms with Gasteiger partial charge >= 0.3 is 0 Å². The molecule has 17 heavy (non-hydrogen) atoms. The van der Waals surface area contributed by atoms with Gasteiger partial charge in [0.25, 0.3) is 0 Å². The molecule has 1 nitrogen and oxygen atoms in total. The summed E-state index contributed by atoms with van der Waals surface area (Å²) in [6.07, 6.45) is 5.87. The van der Waals surface area contributed by atoms with Crippen LogP contribution < -0.4 is 0 Å². The van der Waals surface area contributed by atoms with Crippen LogP contribution >= 0.6 is 0 Å². The van der Waals surface area contributed by atoms with E-state index in [4.69, 9.17) is 0 Å². The molecule has 0 aromatic carbocycles. The van der Waals surface area contributed by atoms with E-state index in [1.165, 1.54) is 19.3 Å². The molecule has 3 atom stereocenters. The highest BCUT2D eigenvalue weighted by molar-refractivity contribution is 5.94. The first-order valence-corrected chi connectivity index (χ1v) is 6.98. The van der Waals surface area contributed by atoms with Gasteiger partial charge in [0.15, 0.2) is 5.78 Å². The van der Waals surface area contributed by atoms with Crippen LogP contribution in [-0.2, 0) is 4.79 Å². The summed E-state index contributed by atoms with van der Waals surface area (Å²) < 4.78 is 0.